The van der Waals surface area contributed by atoms with Gasteiger partial charge in [-0.2, -0.15) is 0 Å². The number of pyridine rings is 1. The zero-order valence-corrected chi connectivity index (χ0v) is 22.1. The Kier molecular flexibility index (Phi) is 6.07. The Balaban J connectivity index is 1.58. The number of thiazole rings is 1. The Morgan fingerprint density at radius 1 is 0.974 bits per heavy atom. The minimum absolute atomic E-state index is 0.335. The number of hydrogen-bond acceptors (Lipinski definition) is 6. The van der Waals surface area contributed by atoms with Gasteiger partial charge >= 0.3 is 0 Å². The minimum Gasteiger partial charge on any atom is -0.455 e. The standard InChI is InChI=1S/C30H22F2N4O2S/c1-33-29(37)26-21-14-19(23(36(2)3)15-24(21)38-27(26)16-6-9-18(31)10-7-16)17-8-11-22(32)20(13-17)30-35-28-25(39-30)5-4-12-34-28/h4-15H,1-3H3,(H,33,37). The third-order valence-electron chi connectivity index (χ3n) is 6.52. The summed E-state index contributed by atoms with van der Waals surface area (Å²) in [4.78, 5) is 23.8. The van der Waals surface area contributed by atoms with Crippen LogP contribution in [0.4, 0.5) is 14.5 Å². The highest BCUT2D eigenvalue weighted by Gasteiger charge is 2.24. The normalized spacial score (nSPS) is 11.3. The molecule has 1 N–H and O–H groups in total. The second-order valence-corrected chi connectivity index (χ2v) is 10.2. The molecule has 6 aromatic rings. The molecule has 194 valence electrons. The molecule has 0 atom stereocenters. The molecule has 3 aromatic heterocycles. The summed E-state index contributed by atoms with van der Waals surface area (Å²) in [5, 5.41) is 3.80. The van der Waals surface area contributed by atoms with Crippen molar-refractivity contribution >= 4 is 44.2 Å². The van der Waals surface area contributed by atoms with Gasteiger partial charge in [0.15, 0.2) is 5.65 Å². The average Bonchev–Trinajstić information content (AvgIpc) is 3.54. The molecule has 9 heteroatoms. The van der Waals surface area contributed by atoms with E-state index in [0.717, 1.165) is 21.5 Å². The first kappa shape index (κ1) is 24.7. The summed E-state index contributed by atoms with van der Waals surface area (Å²) in [6, 6.07) is 18.2. The van der Waals surface area contributed by atoms with Gasteiger partial charge in [0.25, 0.3) is 5.91 Å². The highest BCUT2D eigenvalue weighted by Crippen LogP contribution is 2.42. The summed E-state index contributed by atoms with van der Waals surface area (Å²) in [7, 11) is 5.35. The van der Waals surface area contributed by atoms with Crippen molar-refractivity contribution in [1.29, 1.82) is 0 Å². The fraction of sp³-hybridized carbons (Fsp3) is 0.100. The van der Waals surface area contributed by atoms with Crippen molar-refractivity contribution in [1.82, 2.24) is 15.3 Å². The van der Waals surface area contributed by atoms with E-state index in [1.807, 2.05) is 43.3 Å². The maximum Gasteiger partial charge on any atom is 0.255 e. The molecule has 39 heavy (non-hydrogen) atoms. The molecule has 0 aliphatic heterocycles. The number of hydrogen-bond donors (Lipinski definition) is 1. The third kappa shape index (κ3) is 4.30. The largest absolute Gasteiger partial charge is 0.455 e. The Bertz CT molecular complexity index is 1840. The lowest BCUT2D eigenvalue weighted by molar-refractivity contribution is 0.0964. The SMILES string of the molecule is CNC(=O)c1c(-c2ccc(F)cc2)oc2cc(N(C)C)c(-c3ccc(F)c(-c4nc5ncccc5s4)c3)cc12. The molecule has 1 amide bonds. The molecule has 0 unspecified atom stereocenters. The number of furan rings is 1. The smallest absolute Gasteiger partial charge is 0.255 e. The monoisotopic (exact) mass is 540 g/mol. The van der Waals surface area contributed by atoms with Crippen LogP contribution in [0.1, 0.15) is 10.4 Å². The predicted octanol–water partition coefficient (Wildman–Crippen LogP) is 7.14. The zero-order valence-electron chi connectivity index (χ0n) is 21.3. The molecule has 0 fully saturated rings. The van der Waals surface area contributed by atoms with Gasteiger partial charge in [0.05, 0.1) is 10.3 Å². The number of benzene rings is 3. The van der Waals surface area contributed by atoms with Crippen molar-refractivity contribution in [2.45, 2.75) is 0 Å². The van der Waals surface area contributed by atoms with Gasteiger partial charge < -0.3 is 14.6 Å². The number of nitrogens with one attached hydrogen (secondary N) is 1. The van der Waals surface area contributed by atoms with Crippen molar-refractivity contribution in [2.75, 3.05) is 26.0 Å². The van der Waals surface area contributed by atoms with Crippen molar-refractivity contribution in [2.24, 2.45) is 0 Å². The van der Waals surface area contributed by atoms with E-state index in [0.29, 0.717) is 44.1 Å². The number of carbonyl (C=O) groups excluding carboxylic acids is 1. The molecule has 6 rings (SSSR count). The highest BCUT2D eigenvalue weighted by atomic mass is 32.1. The van der Waals surface area contributed by atoms with Gasteiger partial charge in [-0.25, -0.2) is 18.7 Å². The Morgan fingerprint density at radius 3 is 2.46 bits per heavy atom. The van der Waals surface area contributed by atoms with Crippen LogP contribution in [0.15, 0.2) is 77.3 Å². The molecule has 0 aliphatic carbocycles. The van der Waals surface area contributed by atoms with E-state index in [2.05, 4.69) is 15.3 Å². The summed E-state index contributed by atoms with van der Waals surface area (Å²) in [6.07, 6.45) is 1.66. The maximum absolute atomic E-state index is 15.1. The van der Waals surface area contributed by atoms with Gasteiger partial charge in [-0.15, -0.1) is 11.3 Å². The fourth-order valence-corrected chi connectivity index (χ4v) is 5.57. The molecule has 0 saturated carbocycles. The summed E-state index contributed by atoms with van der Waals surface area (Å²) >= 11 is 1.37. The second-order valence-electron chi connectivity index (χ2n) is 9.19. The molecule has 0 radical (unpaired) electrons. The molecular weight excluding hydrogens is 518 g/mol. The van der Waals surface area contributed by atoms with Gasteiger partial charge in [0.1, 0.15) is 28.0 Å². The van der Waals surface area contributed by atoms with Crippen molar-refractivity contribution < 1.29 is 18.0 Å². The number of nitrogens with zero attached hydrogens (tertiary/aromatic N) is 3. The van der Waals surface area contributed by atoms with E-state index >= 15 is 4.39 Å². The lowest BCUT2D eigenvalue weighted by Crippen LogP contribution is -2.18. The van der Waals surface area contributed by atoms with E-state index in [1.165, 1.54) is 29.5 Å². The molecule has 6 nitrogen and oxygen atoms in total. The Hall–Kier alpha value is -4.63. The molecule has 3 heterocycles. The van der Waals surface area contributed by atoms with Crippen LogP contribution in [-0.2, 0) is 0 Å². The Labute approximate surface area is 226 Å². The van der Waals surface area contributed by atoms with Gasteiger partial charge in [-0.05, 0) is 60.2 Å². The lowest BCUT2D eigenvalue weighted by atomic mass is 9.97. The van der Waals surface area contributed by atoms with Crippen LogP contribution >= 0.6 is 11.3 Å². The minimum atomic E-state index is -0.391. The van der Waals surface area contributed by atoms with Crippen LogP contribution in [0, 0.1) is 11.6 Å². The molecule has 0 saturated heterocycles. The van der Waals surface area contributed by atoms with E-state index < -0.39 is 5.82 Å². The van der Waals surface area contributed by atoms with Crippen LogP contribution in [0.2, 0.25) is 0 Å². The molecular formula is C30H22F2N4O2S. The van der Waals surface area contributed by atoms with Crippen molar-refractivity contribution in [3.05, 3.63) is 90.1 Å². The Morgan fingerprint density at radius 2 is 1.74 bits per heavy atom. The number of aromatic nitrogens is 2. The number of carbonyl (C=O) groups is 1. The summed E-state index contributed by atoms with van der Waals surface area (Å²) < 4.78 is 35.8. The first-order valence-electron chi connectivity index (χ1n) is 12.1. The predicted molar refractivity (Wildman–Crippen MR) is 151 cm³/mol. The molecule has 3 aromatic carbocycles. The molecule has 0 spiro atoms. The van der Waals surface area contributed by atoms with Gasteiger partial charge in [0.2, 0.25) is 0 Å². The van der Waals surface area contributed by atoms with Gasteiger partial charge in [0, 0.05) is 61.2 Å². The van der Waals surface area contributed by atoms with E-state index in [-0.39, 0.29) is 11.7 Å². The van der Waals surface area contributed by atoms with E-state index in [9.17, 15) is 9.18 Å². The average molecular weight is 541 g/mol. The summed E-state index contributed by atoms with van der Waals surface area (Å²) in [6.45, 7) is 0. The van der Waals surface area contributed by atoms with Crippen LogP contribution in [0.5, 0.6) is 0 Å². The molecule has 0 aliphatic rings. The topological polar surface area (TPSA) is 71.3 Å². The third-order valence-corrected chi connectivity index (χ3v) is 7.56. The van der Waals surface area contributed by atoms with E-state index in [1.54, 1.807) is 37.5 Å². The fourth-order valence-electron chi connectivity index (χ4n) is 4.63. The van der Waals surface area contributed by atoms with E-state index in [4.69, 9.17) is 4.42 Å². The lowest BCUT2D eigenvalue weighted by Gasteiger charge is -2.18. The van der Waals surface area contributed by atoms with Crippen molar-refractivity contribution in [3.8, 4) is 33.0 Å². The van der Waals surface area contributed by atoms with Crippen molar-refractivity contribution in [3.63, 3.8) is 0 Å². The van der Waals surface area contributed by atoms with Crippen LogP contribution < -0.4 is 10.2 Å². The number of rotatable bonds is 5. The first-order valence-corrected chi connectivity index (χ1v) is 12.9. The number of amides is 1. The van der Waals surface area contributed by atoms with Gasteiger partial charge in [-0.1, -0.05) is 6.07 Å². The zero-order chi connectivity index (χ0) is 27.3. The van der Waals surface area contributed by atoms with Crippen LogP contribution in [0.3, 0.4) is 0 Å². The second kappa shape index (κ2) is 9.59. The number of fused-ring (bicyclic) bond motifs is 2. The number of halogens is 2. The number of anilines is 1. The van der Waals surface area contributed by atoms with Crippen LogP contribution in [-0.4, -0.2) is 37.0 Å². The van der Waals surface area contributed by atoms with Crippen LogP contribution in [0.25, 0.3) is 54.3 Å². The molecule has 0 bridgehead atoms. The maximum atomic E-state index is 15.1. The highest BCUT2D eigenvalue weighted by molar-refractivity contribution is 7.21. The summed E-state index contributed by atoms with van der Waals surface area (Å²) in [5.74, 6) is -0.769. The first-order chi connectivity index (χ1) is 18.8. The summed E-state index contributed by atoms with van der Waals surface area (Å²) in [5.41, 5.74) is 4.69. The van der Waals surface area contributed by atoms with Gasteiger partial charge in [-0.3, -0.25) is 4.79 Å². The quantitative estimate of drug-likeness (QED) is 0.252.